The highest BCUT2D eigenvalue weighted by Crippen LogP contribution is 2.33. The fourth-order valence-corrected chi connectivity index (χ4v) is 1.85. The summed E-state index contributed by atoms with van der Waals surface area (Å²) in [5.74, 6) is -0.843. The molecule has 1 heterocycles. The zero-order valence-corrected chi connectivity index (χ0v) is 11.5. The monoisotopic (exact) mass is 315 g/mol. The summed E-state index contributed by atoms with van der Waals surface area (Å²) >= 11 is 5.64. The number of halogens is 4. The van der Waals surface area contributed by atoms with Crippen LogP contribution in [0.4, 0.5) is 13.2 Å². The number of benzene rings is 1. The molecule has 2 aromatic rings. The van der Waals surface area contributed by atoms with Crippen molar-refractivity contribution in [3.8, 4) is 11.1 Å². The van der Waals surface area contributed by atoms with Crippen LogP contribution in [-0.4, -0.2) is 18.1 Å². The first kappa shape index (κ1) is 15.3. The minimum Gasteiger partial charge on any atom is -0.465 e. The fourth-order valence-electron chi connectivity index (χ4n) is 1.74. The number of aromatic nitrogens is 1. The summed E-state index contributed by atoms with van der Waals surface area (Å²) < 4.78 is 43.2. The molecule has 0 aliphatic rings. The van der Waals surface area contributed by atoms with Crippen LogP contribution in [0.1, 0.15) is 15.9 Å². The Hall–Kier alpha value is -2.08. The van der Waals surface area contributed by atoms with E-state index < -0.39 is 17.7 Å². The van der Waals surface area contributed by atoms with Crippen molar-refractivity contribution in [1.82, 2.24) is 4.98 Å². The lowest BCUT2D eigenvalue weighted by Gasteiger charge is -2.11. The Kier molecular flexibility index (Phi) is 4.18. The zero-order valence-electron chi connectivity index (χ0n) is 10.7. The molecule has 0 aliphatic carbocycles. The SMILES string of the molecule is COC(=O)c1cc(-c2ccc(Cl)nc2)cc(C(F)(F)F)c1. The minimum absolute atomic E-state index is 0.183. The second kappa shape index (κ2) is 5.73. The molecule has 110 valence electrons. The standard InChI is InChI=1S/C14H9ClF3NO2/c1-21-13(20)10-4-9(5-11(6-10)14(16,17)18)8-2-3-12(15)19-7-8/h2-7H,1H3. The number of ether oxygens (including phenoxy) is 1. The molecule has 0 spiro atoms. The molecule has 0 saturated carbocycles. The lowest BCUT2D eigenvalue weighted by atomic mass is 10.0. The van der Waals surface area contributed by atoms with Gasteiger partial charge in [0.25, 0.3) is 0 Å². The Morgan fingerprint density at radius 2 is 1.90 bits per heavy atom. The molecule has 7 heteroatoms. The normalized spacial score (nSPS) is 11.3. The molecule has 0 unspecified atom stereocenters. The number of alkyl halides is 3. The molecule has 0 saturated heterocycles. The highest BCUT2D eigenvalue weighted by atomic mass is 35.5. The van der Waals surface area contributed by atoms with Crippen molar-refractivity contribution >= 4 is 17.6 Å². The molecule has 0 fully saturated rings. The number of esters is 1. The summed E-state index contributed by atoms with van der Waals surface area (Å²) in [6.07, 6.45) is -3.24. The maximum atomic E-state index is 12.9. The highest BCUT2D eigenvalue weighted by molar-refractivity contribution is 6.29. The number of rotatable bonds is 2. The van der Waals surface area contributed by atoms with Gasteiger partial charge in [0, 0.05) is 11.8 Å². The van der Waals surface area contributed by atoms with Crippen molar-refractivity contribution in [1.29, 1.82) is 0 Å². The number of carbonyl (C=O) groups excluding carboxylic acids is 1. The largest absolute Gasteiger partial charge is 0.465 e. The summed E-state index contributed by atoms with van der Waals surface area (Å²) in [5, 5.41) is 0.221. The summed E-state index contributed by atoms with van der Waals surface area (Å²) in [7, 11) is 1.10. The van der Waals surface area contributed by atoms with Crippen LogP contribution in [-0.2, 0) is 10.9 Å². The van der Waals surface area contributed by atoms with E-state index in [0.29, 0.717) is 5.56 Å². The summed E-state index contributed by atoms with van der Waals surface area (Å²) in [6.45, 7) is 0. The molecule has 0 bridgehead atoms. The second-order valence-corrected chi connectivity index (χ2v) is 4.55. The average Bonchev–Trinajstić information content (AvgIpc) is 2.45. The Labute approximate surface area is 123 Å². The molecule has 2 rings (SSSR count). The van der Waals surface area contributed by atoms with Gasteiger partial charge in [0.05, 0.1) is 18.2 Å². The van der Waals surface area contributed by atoms with Crippen molar-refractivity contribution in [3.63, 3.8) is 0 Å². The number of hydrogen-bond donors (Lipinski definition) is 0. The molecule has 1 aromatic carbocycles. The number of methoxy groups -OCH3 is 1. The molecular formula is C14H9ClF3NO2. The molecule has 0 aliphatic heterocycles. The Bertz CT molecular complexity index is 669. The van der Waals surface area contributed by atoms with Crippen molar-refractivity contribution in [2.75, 3.05) is 7.11 Å². The third kappa shape index (κ3) is 3.52. The number of hydrogen-bond acceptors (Lipinski definition) is 3. The summed E-state index contributed by atoms with van der Waals surface area (Å²) in [5.41, 5.74) is -0.502. The van der Waals surface area contributed by atoms with E-state index in [-0.39, 0.29) is 16.3 Å². The van der Waals surface area contributed by atoms with Crippen LogP contribution in [0.2, 0.25) is 5.15 Å². The van der Waals surface area contributed by atoms with Gasteiger partial charge in [0.2, 0.25) is 0 Å². The topological polar surface area (TPSA) is 39.2 Å². The lowest BCUT2D eigenvalue weighted by molar-refractivity contribution is -0.137. The van der Waals surface area contributed by atoms with Gasteiger partial charge in [0.15, 0.2) is 0 Å². The Morgan fingerprint density at radius 1 is 1.19 bits per heavy atom. The third-order valence-electron chi connectivity index (χ3n) is 2.74. The van der Waals surface area contributed by atoms with Crippen molar-refractivity contribution in [2.45, 2.75) is 6.18 Å². The van der Waals surface area contributed by atoms with Crippen LogP contribution in [0.15, 0.2) is 36.5 Å². The predicted octanol–water partition coefficient (Wildman–Crippen LogP) is 4.21. The van der Waals surface area contributed by atoms with Gasteiger partial charge in [0.1, 0.15) is 5.15 Å². The van der Waals surface area contributed by atoms with E-state index >= 15 is 0 Å². The molecule has 0 N–H and O–H groups in total. The van der Waals surface area contributed by atoms with Gasteiger partial charge in [-0.05, 0) is 35.9 Å². The number of pyridine rings is 1. The first-order valence-electron chi connectivity index (χ1n) is 5.74. The summed E-state index contributed by atoms with van der Waals surface area (Å²) in [6, 6.07) is 5.98. The van der Waals surface area contributed by atoms with Crippen molar-refractivity contribution in [2.24, 2.45) is 0 Å². The Balaban J connectivity index is 2.59. The van der Waals surface area contributed by atoms with E-state index in [2.05, 4.69) is 9.72 Å². The second-order valence-electron chi connectivity index (χ2n) is 4.16. The van der Waals surface area contributed by atoms with Crippen LogP contribution in [0.5, 0.6) is 0 Å². The summed E-state index contributed by atoms with van der Waals surface area (Å²) in [4.78, 5) is 15.3. The molecule has 0 radical (unpaired) electrons. The van der Waals surface area contributed by atoms with E-state index in [1.54, 1.807) is 0 Å². The van der Waals surface area contributed by atoms with Gasteiger partial charge in [-0.3, -0.25) is 0 Å². The van der Waals surface area contributed by atoms with Crippen LogP contribution in [0.25, 0.3) is 11.1 Å². The lowest BCUT2D eigenvalue weighted by Crippen LogP contribution is -2.09. The molecule has 0 amide bonds. The first-order valence-corrected chi connectivity index (χ1v) is 6.11. The zero-order chi connectivity index (χ0) is 15.6. The van der Waals surface area contributed by atoms with E-state index in [1.807, 2.05) is 0 Å². The van der Waals surface area contributed by atoms with Crippen molar-refractivity contribution in [3.05, 3.63) is 52.8 Å². The first-order chi connectivity index (χ1) is 9.81. The van der Waals surface area contributed by atoms with Gasteiger partial charge >= 0.3 is 12.1 Å². The number of carbonyl (C=O) groups is 1. The quantitative estimate of drug-likeness (QED) is 0.615. The van der Waals surface area contributed by atoms with Crippen LogP contribution in [0.3, 0.4) is 0 Å². The maximum Gasteiger partial charge on any atom is 0.416 e. The molecule has 1 aromatic heterocycles. The van der Waals surface area contributed by atoms with Crippen LogP contribution >= 0.6 is 11.6 Å². The predicted molar refractivity (Wildman–Crippen MR) is 71.0 cm³/mol. The highest BCUT2D eigenvalue weighted by Gasteiger charge is 2.32. The van der Waals surface area contributed by atoms with Gasteiger partial charge in [-0.1, -0.05) is 11.6 Å². The van der Waals surface area contributed by atoms with Gasteiger partial charge in [-0.2, -0.15) is 13.2 Å². The molecule has 0 atom stereocenters. The molecule has 3 nitrogen and oxygen atoms in total. The fraction of sp³-hybridized carbons (Fsp3) is 0.143. The van der Waals surface area contributed by atoms with Gasteiger partial charge in [-0.25, -0.2) is 9.78 Å². The average molecular weight is 316 g/mol. The van der Waals surface area contributed by atoms with E-state index in [1.165, 1.54) is 24.4 Å². The third-order valence-corrected chi connectivity index (χ3v) is 2.97. The van der Waals surface area contributed by atoms with Crippen molar-refractivity contribution < 1.29 is 22.7 Å². The number of nitrogens with zero attached hydrogens (tertiary/aromatic N) is 1. The maximum absolute atomic E-state index is 12.9. The van der Waals surface area contributed by atoms with E-state index in [0.717, 1.165) is 19.2 Å². The van der Waals surface area contributed by atoms with Gasteiger partial charge < -0.3 is 4.74 Å². The van der Waals surface area contributed by atoms with E-state index in [9.17, 15) is 18.0 Å². The van der Waals surface area contributed by atoms with Gasteiger partial charge in [-0.15, -0.1) is 0 Å². The van der Waals surface area contributed by atoms with Crippen LogP contribution < -0.4 is 0 Å². The molecule has 21 heavy (non-hydrogen) atoms. The smallest absolute Gasteiger partial charge is 0.416 e. The van der Waals surface area contributed by atoms with Crippen LogP contribution in [0, 0.1) is 0 Å². The Morgan fingerprint density at radius 3 is 2.43 bits per heavy atom. The molecular weight excluding hydrogens is 307 g/mol. The minimum atomic E-state index is -4.57. The van der Waals surface area contributed by atoms with E-state index in [4.69, 9.17) is 11.6 Å².